The Kier molecular flexibility index (Phi) is 9.60. The standard InChI is InChI=1S/C14H23N3O5.C2HF3O2/c1-5-17(7(2)3)13(19)12-11(16-8(4)18)9(15)6-10(22-12)14(20)21;3-2(4,5)1(6)7/h6-7,9,11-12H,5,15H2,1-4H3,(H,16,18)(H,20,21);(H,6,7)/t9-,11+,12+;/m0./s1. The average molecular weight is 427 g/mol. The molecule has 0 aromatic carbocycles. The number of carbonyl (C=O) groups excluding carboxylic acids is 2. The number of nitrogens with zero attached hydrogens (tertiary/aromatic N) is 1. The number of nitrogens with two attached hydrogens (primary N) is 1. The summed E-state index contributed by atoms with van der Waals surface area (Å²) in [6.45, 7) is 7.22. The molecule has 0 aliphatic carbocycles. The Hall–Kier alpha value is -2.83. The topological polar surface area (TPSA) is 159 Å². The van der Waals surface area contributed by atoms with E-state index < -0.39 is 42.2 Å². The van der Waals surface area contributed by atoms with Crippen LogP contribution in [0.25, 0.3) is 0 Å². The Bertz CT molecular complexity index is 665. The maximum Gasteiger partial charge on any atom is 0.490 e. The van der Waals surface area contributed by atoms with E-state index in [1.807, 2.05) is 20.8 Å². The number of carboxylic acids is 2. The Labute approximate surface area is 164 Å². The Morgan fingerprint density at radius 3 is 2.07 bits per heavy atom. The van der Waals surface area contributed by atoms with Gasteiger partial charge in [0.25, 0.3) is 5.91 Å². The lowest BCUT2D eigenvalue weighted by molar-refractivity contribution is -0.192. The lowest BCUT2D eigenvalue weighted by Gasteiger charge is -2.37. The fourth-order valence-corrected chi connectivity index (χ4v) is 2.40. The number of hydrogen-bond donors (Lipinski definition) is 4. The Morgan fingerprint density at radius 1 is 1.28 bits per heavy atom. The lowest BCUT2D eigenvalue weighted by Crippen LogP contribution is -2.61. The van der Waals surface area contributed by atoms with Gasteiger partial charge in [0, 0.05) is 19.5 Å². The molecule has 1 heterocycles. The van der Waals surface area contributed by atoms with Crippen LogP contribution in [0.4, 0.5) is 13.2 Å². The SMILES string of the molecule is CCN(C(=O)[C@@H]1OC(C(=O)O)=C[C@H](N)[C@H]1NC(C)=O)C(C)C.O=C(O)C(F)(F)F. The number of carbonyl (C=O) groups is 4. The predicted molar refractivity (Wildman–Crippen MR) is 92.4 cm³/mol. The summed E-state index contributed by atoms with van der Waals surface area (Å²) in [5.74, 6) is -5.22. The quantitative estimate of drug-likeness (QED) is 0.480. The zero-order valence-corrected chi connectivity index (χ0v) is 16.2. The van der Waals surface area contributed by atoms with Crippen LogP contribution in [0.3, 0.4) is 0 Å². The van der Waals surface area contributed by atoms with Crippen molar-refractivity contribution in [2.24, 2.45) is 5.73 Å². The zero-order chi connectivity index (χ0) is 23.1. The van der Waals surface area contributed by atoms with Crippen LogP contribution in [0.1, 0.15) is 27.7 Å². The van der Waals surface area contributed by atoms with Crippen LogP contribution in [-0.2, 0) is 23.9 Å². The number of halogens is 3. The largest absolute Gasteiger partial charge is 0.490 e. The molecule has 0 fully saturated rings. The first kappa shape index (κ1) is 26.2. The van der Waals surface area contributed by atoms with Crippen LogP contribution in [0.2, 0.25) is 0 Å². The van der Waals surface area contributed by atoms with Gasteiger partial charge in [0.2, 0.25) is 11.7 Å². The number of likely N-dealkylation sites (N-methyl/N-ethyl adjacent to an activating group) is 1. The summed E-state index contributed by atoms with van der Waals surface area (Å²) in [5.41, 5.74) is 5.90. The summed E-state index contributed by atoms with van der Waals surface area (Å²) in [4.78, 5) is 45.5. The van der Waals surface area contributed by atoms with Gasteiger partial charge in [0.05, 0.1) is 12.1 Å². The van der Waals surface area contributed by atoms with Gasteiger partial charge in [-0.1, -0.05) is 0 Å². The van der Waals surface area contributed by atoms with Crippen molar-refractivity contribution in [3.8, 4) is 0 Å². The van der Waals surface area contributed by atoms with Crippen LogP contribution in [0, 0.1) is 0 Å². The number of nitrogens with one attached hydrogen (secondary N) is 1. The molecule has 29 heavy (non-hydrogen) atoms. The van der Waals surface area contributed by atoms with E-state index in [0.29, 0.717) is 6.54 Å². The fraction of sp³-hybridized carbons (Fsp3) is 0.625. The summed E-state index contributed by atoms with van der Waals surface area (Å²) in [6.07, 6.45) is -5.06. The number of aliphatic carboxylic acids is 2. The van der Waals surface area contributed by atoms with Gasteiger partial charge in [0.1, 0.15) is 0 Å². The van der Waals surface area contributed by atoms with Crippen LogP contribution in [0.15, 0.2) is 11.8 Å². The highest BCUT2D eigenvalue weighted by Crippen LogP contribution is 2.20. The van der Waals surface area contributed by atoms with E-state index in [-0.39, 0.29) is 17.7 Å². The maximum atomic E-state index is 12.7. The number of alkyl halides is 3. The third kappa shape index (κ3) is 7.97. The number of carboxylic acid groups (broad SMARTS) is 2. The molecule has 3 atom stereocenters. The summed E-state index contributed by atoms with van der Waals surface area (Å²) in [6, 6.07) is -1.74. The third-order valence-electron chi connectivity index (χ3n) is 3.65. The molecule has 0 saturated heterocycles. The highest BCUT2D eigenvalue weighted by Gasteiger charge is 2.42. The van der Waals surface area contributed by atoms with Crippen molar-refractivity contribution < 1.29 is 47.3 Å². The number of amides is 2. The fourth-order valence-electron chi connectivity index (χ4n) is 2.40. The minimum atomic E-state index is -5.08. The molecule has 0 bridgehead atoms. The van der Waals surface area contributed by atoms with Gasteiger partial charge in [-0.3, -0.25) is 9.59 Å². The van der Waals surface area contributed by atoms with E-state index in [1.54, 1.807) is 0 Å². The molecule has 2 amide bonds. The van der Waals surface area contributed by atoms with E-state index >= 15 is 0 Å². The first-order chi connectivity index (χ1) is 13.1. The highest BCUT2D eigenvalue weighted by atomic mass is 19.4. The molecule has 1 aliphatic rings. The van der Waals surface area contributed by atoms with E-state index in [9.17, 15) is 27.6 Å². The van der Waals surface area contributed by atoms with E-state index in [4.69, 9.17) is 25.5 Å². The summed E-state index contributed by atoms with van der Waals surface area (Å²) < 4.78 is 37.0. The molecule has 0 aromatic heterocycles. The molecule has 1 aliphatic heterocycles. The van der Waals surface area contributed by atoms with Crippen molar-refractivity contribution in [2.75, 3.05) is 6.54 Å². The molecule has 1 rings (SSSR count). The minimum Gasteiger partial charge on any atom is -0.475 e. The molecule has 5 N–H and O–H groups in total. The molecule has 166 valence electrons. The molecular weight excluding hydrogens is 403 g/mol. The molecule has 10 nitrogen and oxygen atoms in total. The van der Waals surface area contributed by atoms with E-state index in [0.717, 1.165) is 0 Å². The predicted octanol–water partition coefficient (Wildman–Crippen LogP) is 0.0759. The summed E-state index contributed by atoms with van der Waals surface area (Å²) in [7, 11) is 0. The van der Waals surface area contributed by atoms with Gasteiger partial charge in [-0.2, -0.15) is 13.2 Å². The first-order valence-corrected chi connectivity index (χ1v) is 8.38. The van der Waals surface area contributed by atoms with Crippen LogP contribution < -0.4 is 11.1 Å². The van der Waals surface area contributed by atoms with Gasteiger partial charge in [-0.25, -0.2) is 9.59 Å². The highest BCUT2D eigenvalue weighted by molar-refractivity contribution is 5.88. The first-order valence-electron chi connectivity index (χ1n) is 8.38. The van der Waals surface area contributed by atoms with Crippen molar-refractivity contribution in [2.45, 2.75) is 58.1 Å². The molecule has 0 unspecified atom stereocenters. The maximum absolute atomic E-state index is 12.7. The van der Waals surface area contributed by atoms with Crippen LogP contribution in [0.5, 0.6) is 0 Å². The van der Waals surface area contributed by atoms with Crippen LogP contribution in [-0.4, -0.2) is 75.8 Å². The molecular formula is C16H24F3N3O7. The second kappa shape index (κ2) is 10.6. The summed E-state index contributed by atoms with van der Waals surface area (Å²) >= 11 is 0. The Balaban J connectivity index is 0.000000956. The normalized spacial score (nSPS) is 21.1. The molecule has 0 saturated carbocycles. The van der Waals surface area contributed by atoms with Crippen molar-refractivity contribution in [1.29, 1.82) is 0 Å². The third-order valence-corrected chi connectivity index (χ3v) is 3.65. The van der Waals surface area contributed by atoms with Gasteiger partial charge >= 0.3 is 18.1 Å². The lowest BCUT2D eigenvalue weighted by atomic mass is 9.97. The van der Waals surface area contributed by atoms with Gasteiger partial charge < -0.3 is 30.9 Å². The van der Waals surface area contributed by atoms with E-state index in [1.165, 1.54) is 17.9 Å². The monoisotopic (exact) mass is 427 g/mol. The zero-order valence-electron chi connectivity index (χ0n) is 16.2. The Morgan fingerprint density at radius 2 is 1.76 bits per heavy atom. The van der Waals surface area contributed by atoms with Crippen molar-refractivity contribution in [3.63, 3.8) is 0 Å². The average Bonchev–Trinajstić information content (AvgIpc) is 2.55. The van der Waals surface area contributed by atoms with Gasteiger partial charge in [-0.05, 0) is 26.8 Å². The molecule has 0 radical (unpaired) electrons. The molecule has 0 aromatic rings. The van der Waals surface area contributed by atoms with Gasteiger partial charge in [0.15, 0.2) is 6.10 Å². The minimum absolute atomic E-state index is 0.0884. The second-order valence-electron chi connectivity index (χ2n) is 6.20. The van der Waals surface area contributed by atoms with Crippen LogP contribution >= 0.6 is 0 Å². The van der Waals surface area contributed by atoms with E-state index in [2.05, 4.69) is 5.32 Å². The van der Waals surface area contributed by atoms with Crippen molar-refractivity contribution >= 4 is 23.8 Å². The van der Waals surface area contributed by atoms with Gasteiger partial charge in [-0.15, -0.1) is 0 Å². The van der Waals surface area contributed by atoms with Crippen molar-refractivity contribution in [1.82, 2.24) is 10.2 Å². The molecule has 0 spiro atoms. The molecule has 13 heteroatoms. The number of hydrogen-bond acceptors (Lipinski definition) is 6. The van der Waals surface area contributed by atoms with Crippen molar-refractivity contribution in [3.05, 3.63) is 11.8 Å². The smallest absolute Gasteiger partial charge is 0.475 e. The second-order valence-corrected chi connectivity index (χ2v) is 6.20. The summed E-state index contributed by atoms with van der Waals surface area (Å²) in [5, 5.41) is 18.8. The number of rotatable bonds is 5. The number of ether oxygens (including phenoxy) is 1.